The van der Waals surface area contributed by atoms with E-state index in [4.69, 9.17) is 29.9 Å². The minimum absolute atomic E-state index is 0.0903. The summed E-state index contributed by atoms with van der Waals surface area (Å²) in [6.07, 6.45) is -24.9. The molecular formula is C22H34F14O8. The molecule has 0 radical (unpaired) electrons. The predicted molar refractivity (Wildman–Crippen MR) is 119 cm³/mol. The number of halogens is 14. The van der Waals surface area contributed by atoms with Crippen LogP contribution in [0.1, 0.15) is 38.5 Å². The second-order valence-electron chi connectivity index (χ2n) is 9.17. The van der Waals surface area contributed by atoms with E-state index in [-0.39, 0.29) is 13.2 Å². The zero-order chi connectivity index (χ0) is 35.2. The molecule has 3 unspecified atom stereocenters. The summed E-state index contributed by atoms with van der Waals surface area (Å²) in [6, 6.07) is 0. The van der Waals surface area contributed by atoms with Crippen LogP contribution in [0.15, 0.2) is 0 Å². The molecule has 1 rings (SSSR count). The van der Waals surface area contributed by atoms with Crippen LogP contribution in [0.4, 0.5) is 61.5 Å². The lowest BCUT2D eigenvalue weighted by atomic mass is 10.0. The van der Waals surface area contributed by atoms with Crippen molar-refractivity contribution in [3.05, 3.63) is 0 Å². The van der Waals surface area contributed by atoms with Gasteiger partial charge in [0.05, 0.1) is 51.5 Å². The lowest BCUT2D eigenvalue weighted by Gasteiger charge is -2.25. The zero-order valence-corrected chi connectivity index (χ0v) is 23.1. The van der Waals surface area contributed by atoms with Gasteiger partial charge in [0.15, 0.2) is 12.6 Å². The van der Waals surface area contributed by atoms with Crippen molar-refractivity contribution in [1.29, 1.82) is 0 Å². The van der Waals surface area contributed by atoms with Crippen molar-refractivity contribution in [2.45, 2.75) is 99.4 Å². The molecule has 1 aliphatic heterocycles. The molecule has 1 fully saturated rings. The van der Waals surface area contributed by atoms with E-state index >= 15 is 0 Å². The Kier molecular flexibility index (Phi) is 19.1. The number of hydrogen-bond acceptors (Lipinski definition) is 8. The Morgan fingerprint density at radius 2 is 1.14 bits per heavy atom. The first-order chi connectivity index (χ1) is 19.7. The maximum absolute atomic E-state index is 13.2. The van der Waals surface area contributed by atoms with Gasteiger partial charge in [-0.1, -0.05) is 0 Å². The molecule has 0 saturated carbocycles. The lowest BCUT2D eigenvalue weighted by molar-refractivity contribution is -0.301. The van der Waals surface area contributed by atoms with Crippen LogP contribution in [0, 0.1) is 0 Å². The highest BCUT2D eigenvalue weighted by atomic mass is 19.4. The summed E-state index contributed by atoms with van der Waals surface area (Å²) in [5.41, 5.74) is 0. The van der Waals surface area contributed by atoms with Crippen LogP contribution in [0.2, 0.25) is 0 Å². The largest absolute Gasteiger partial charge is 0.453 e. The third kappa shape index (κ3) is 18.0. The molecule has 0 aliphatic carbocycles. The molecule has 1 aliphatic rings. The Morgan fingerprint density at radius 3 is 1.43 bits per heavy atom. The Morgan fingerprint density at radius 1 is 0.705 bits per heavy atom. The quantitative estimate of drug-likeness (QED) is 0.145. The highest BCUT2D eigenvalue weighted by Crippen LogP contribution is 2.45. The minimum atomic E-state index is -6.04. The van der Waals surface area contributed by atoms with Gasteiger partial charge >= 0.3 is 24.2 Å². The highest BCUT2D eigenvalue weighted by molar-refractivity contribution is 4.85. The predicted octanol–water partition coefficient (Wildman–Crippen LogP) is 4.66. The van der Waals surface area contributed by atoms with Crippen LogP contribution < -0.4 is 0 Å². The van der Waals surface area contributed by atoms with Crippen molar-refractivity contribution in [3.63, 3.8) is 0 Å². The van der Waals surface area contributed by atoms with E-state index in [0.29, 0.717) is 0 Å². The molecule has 0 aromatic carbocycles. The number of methoxy groups -OCH3 is 2. The van der Waals surface area contributed by atoms with E-state index in [1.165, 1.54) is 14.2 Å². The van der Waals surface area contributed by atoms with Crippen molar-refractivity contribution < 1.29 is 101 Å². The van der Waals surface area contributed by atoms with E-state index < -0.39 is 113 Å². The second-order valence-corrected chi connectivity index (χ2v) is 9.17. The van der Waals surface area contributed by atoms with E-state index in [1.807, 2.05) is 0 Å². The first-order valence-electron chi connectivity index (χ1n) is 12.2. The Labute approximate surface area is 241 Å². The summed E-state index contributed by atoms with van der Waals surface area (Å²) < 4.78 is 191. The third-order valence-electron chi connectivity index (χ3n) is 5.31. The highest BCUT2D eigenvalue weighted by Gasteiger charge is 2.62. The molecule has 1 saturated heterocycles. The number of rotatable bonds is 15. The molecule has 268 valence electrons. The van der Waals surface area contributed by atoms with Gasteiger partial charge in [-0.25, -0.2) is 17.6 Å². The molecule has 22 heteroatoms. The van der Waals surface area contributed by atoms with Crippen molar-refractivity contribution >= 4 is 0 Å². The molecule has 0 aromatic rings. The maximum Gasteiger partial charge on any atom is 0.453 e. The average molecular weight is 692 g/mol. The van der Waals surface area contributed by atoms with Crippen LogP contribution in [-0.2, 0) is 18.9 Å². The first kappa shape index (κ1) is 44.8. The smallest absolute Gasteiger partial charge is 0.394 e. The standard InChI is InChI=1S/C10H13F7O3.C8H11F7O2.C4H10O3/c11-8(12,5-9(13,14)10(15,16)17)2-1-6-4-19-7(3-18)20-6;9-6(10,2-1-5(17)3-16)4-7(11,12)8(13,14)15;1-6-4(3-5)7-2/h6-7,18H,1-5H2;5,16-17H,1-4H2;4-5H,3H2,1-2H3. The molecule has 0 aromatic heterocycles. The van der Waals surface area contributed by atoms with E-state index in [9.17, 15) is 61.5 Å². The van der Waals surface area contributed by atoms with Crippen LogP contribution in [0.5, 0.6) is 0 Å². The zero-order valence-electron chi connectivity index (χ0n) is 23.1. The molecule has 0 bridgehead atoms. The Hall–Kier alpha value is -1.30. The van der Waals surface area contributed by atoms with Crippen LogP contribution >= 0.6 is 0 Å². The fraction of sp³-hybridized carbons (Fsp3) is 1.00. The van der Waals surface area contributed by atoms with E-state index in [1.54, 1.807) is 0 Å². The average Bonchev–Trinajstić information content (AvgIpc) is 3.34. The Balaban J connectivity index is 0. The van der Waals surface area contributed by atoms with Gasteiger partial charge in [0.25, 0.3) is 11.8 Å². The molecule has 3 atom stereocenters. The van der Waals surface area contributed by atoms with E-state index in [2.05, 4.69) is 9.47 Å². The molecule has 8 nitrogen and oxygen atoms in total. The summed E-state index contributed by atoms with van der Waals surface area (Å²) in [4.78, 5) is 0. The van der Waals surface area contributed by atoms with Gasteiger partial charge in [0.1, 0.15) is 0 Å². The monoisotopic (exact) mass is 692 g/mol. The van der Waals surface area contributed by atoms with E-state index in [0.717, 1.165) is 0 Å². The molecule has 0 spiro atoms. The maximum atomic E-state index is 13.2. The van der Waals surface area contributed by atoms with Crippen molar-refractivity contribution in [3.8, 4) is 0 Å². The van der Waals surface area contributed by atoms with Crippen LogP contribution in [0.25, 0.3) is 0 Å². The summed E-state index contributed by atoms with van der Waals surface area (Å²) in [6.45, 7) is -1.59. The number of ether oxygens (including phenoxy) is 4. The van der Waals surface area contributed by atoms with Gasteiger partial charge in [0, 0.05) is 27.1 Å². The molecular weight excluding hydrogens is 658 g/mol. The molecule has 4 N–H and O–H groups in total. The van der Waals surface area contributed by atoms with Gasteiger partial charge in [-0.3, -0.25) is 0 Å². The number of hydrogen-bond donors (Lipinski definition) is 4. The summed E-state index contributed by atoms with van der Waals surface area (Å²) in [5, 5.41) is 33.9. The topological polar surface area (TPSA) is 118 Å². The van der Waals surface area contributed by atoms with Gasteiger partial charge in [0.2, 0.25) is 0 Å². The van der Waals surface area contributed by atoms with Gasteiger partial charge in [-0.2, -0.15) is 43.9 Å². The Bertz CT molecular complexity index is 759. The summed E-state index contributed by atoms with van der Waals surface area (Å²) >= 11 is 0. The minimum Gasteiger partial charge on any atom is -0.394 e. The molecule has 0 amide bonds. The van der Waals surface area contributed by atoms with Crippen molar-refractivity contribution in [2.24, 2.45) is 0 Å². The SMILES string of the molecule is COC(CO)OC.OCC(O)CCC(F)(F)CC(F)(F)C(F)(F)F.OCC1OCC(CCC(F)(F)CC(F)(F)C(F)(F)F)O1. The normalized spacial score (nSPS) is 19.3. The van der Waals surface area contributed by atoms with Crippen molar-refractivity contribution in [2.75, 3.05) is 40.6 Å². The molecule has 1 heterocycles. The van der Waals surface area contributed by atoms with Gasteiger partial charge < -0.3 is 39.4 Å². The first-order valence-corrected chi connectivity index (χ1v) is 12.2. The fourth-order valence-corrected chi connectivity index (χ4v) is 2.87. The lowest BCUT2D eigenvalue weighted by Crippen LogP contribution is -2.42. The second kappa shape index (κ2) is 18.7. The fourth-order valence-electron chi connectivity index (χ4n) is 2.87. The number of aliphatic hydroxyl groups is 4. The molecule has 44 heavy (non-hydrogen) atoms. The number of aliphatic hydroxyl groups excluding tert-OH is 4. The summed E-state index contributed by atoms with van der Waals surface area (Å²) in [7, 11) is 2.95. The van der Waals surface area contributed by atoms with Crippen molar-refractivity contribution in [1.82, 2.24) is 0 Å². The third-order valence-corrected chi connectivity index (χ3v) is 5.31. The van der Waals surface area contributed by atoms with Crippen LogP contribution in [-0.4, -0.2) is 122 Å². The summed E-state index contributed by atoms with van der Waals surface area (Å²) in [5.74, 6) is -19.4. The number of alkyl halides is 14. The van der Waals surface area contributed by atoms with Gasteiger partial charge in [-0.15, -0.1) is 0 Å². The van der Waals surface area contributed by atoms with Gasteiger partial charge in [-0.05, 0) is 12.8 Å². The van der Waals surface area contributed by atoms with Crippen LogP contribution in [0.3, 0.4) is 0 Å².